The molecule has 2 aromatic heterocycles. The lowest BCUT2D eigenvalue weighted by atomic mass is 9.79. The van der Waals surface area contributed by atoms with E-state index in [2.05, 4.69) is 113 Å². The molecule has 0 aliphatic carbocycles. The topological polar surface area (TPSA) is 57.8 Å². The van der Waals surface area contributed by atoms with E-state index in [0.717, 1.165) is 46.0 Å². The number of ether oxygens (including phenoxy) is 3. The van der Waals surface area contributed by atoms with Gasteiger partial charge in [-0.15, -0.1) is 0 Å². The number of aromatic nitrogens is 2. The lowest BCUT2D eigenvalue weighted by molar-refractivity contribution is 0.125. The summed E-state index contributed by atoms with van der Waals surface area (Å²) < 4.78 is 20.1. The van der Waals surface area contributed by atoms with Gasteiger partial charge in [0.25, 0.3) is 0 Å². The third-order valence-electron chi connectivity index (χ3n) is 8.81. The molecule has 230 valence electrons. The molecule has 0 aliphatic rings. The van der Waals surface area contributed by atoms with Gasteiger partial charge in [0, 0.05) is 70.9 Å². The van der Waals surface area contributed by atoms with E-state index < -0.39 is 5.60 Å². The SMILES string of the molecule is CCn1c2ccccc2c2cc(C(O)(c3ccc(OC)c(OC)c3)c3ccc4c(c3)c3ccccc3n4CC)ccc21.COC. The second-order valence-corrected chi connectivity index (χ2v) is 11.2. The molecule has 7 rings (SSSR count). The van der Waals surface area contributed by atoms with Crippen LogP contribution >= 0.6 is 0 Å². The zero-order chi connectivity index (χ0) is 31.7. The summed E-state index contributed by atoms with van der Waals surface area (Å²) in [7, 11) is 6.50. The molecular weight excluding hydrogens is 560 g/mol. The van der Waals surface area contributed by atoms with Crippen molar-refractivity contribution in [3.8, 4) is 11.5 Å². The van der Waals surface area contributed by atoms with Crippen LogP contribution in [-0.4, -0.2) is 42.7 Å². The number of aliphatic hydroxyl groups is 1. The Labute approximate surface area is 264 Å². The Morgan fingerprint density at radius 2 is 0.911 bits per heavy atom. The summed E-state index contributed by atoms with van der Waals surface area (Å²) in [6.45, 7) is 6.06. The van der Waals surface area contributed by atoms with Crippen LogP contribution in [0.4, 0.5) is 0 Å². The van der Waals surface area contributed by atoms with Gasteiger partial charge in [-0.25, -0.2) is 0 Å². The molecule has 7 aromatic rings. The Balaban J connectivity index is 0.00000115. The number of para-hydroxylation sites is 2. The van der Waals surface area contributed by atoms with Crippen LogP contribution in [0.3, 0.4) is 0 Å². The number of fused-ring (bicyclic) bond motifs is 6. The van der Waals surface area contributed by atoms with Crippen LogP contribution in [0.15, 0.2) is 103 Å². The van der Waals surface area contributed by atoms with Crippen LogP contribution in [0, 0.1) is 0 Å². The van der Waals surface area contributed by atoms with E-state index in [0.29, 0.717) is 17.1 Å². The predicted octanol–water partition coefficient (Wildman–Crippen LogP) is 8.51. The van der Waals surface area contributed by atoms with Gasteiger partial charge in [0.05, 0.1) is 14.2 Å². The number of hydrogen-bond acceptors (Lipinski definition) is 4. The third kappa shape index (κ3) is 4.82. The van der Waals surface area contributed by atoms with E-state index in [1.165, 1.54) is 21.8 Å². The summed E-state index contributed by atoms with van der Waals surface area (Å²) in [5.41, 5.74) is 5.51. The fourth-order valence-electron chi connectivity index (χ4n) is 6.80. The van der Waals surface area contributed by atoms with Crippen molar-refractivity contribution in [1.82, 2.24) is 9.13 Å². The minimum absolute atomic E-state index is 0.570. The Morgan fingerprint density at radius 3 is 1.36 bits per heavy atom. The summed E-state index contributed by atoms with van der Waals surface area (Å²) >= 11 is 0. The summed E-state index contributed by atoms with van der Waals surface area (Å²) in [5, 5.41) is 17.7. The lowest BCUT2D eigenvalue weighted by Gasteiger charge is -2.31. The van der Waals surface area contributed by atoms with E-state index in [9.17, 15) is 5.11 Å². The lowest BCUT2D eigenvalue weighted by Crippen LogP contribution is -2.29. The van der Waals surface area contributed by atoms with Crippen molar-refractivity contribution in [3.05, 3.63) is 120 Å². The number of methoxy groups -OCH3 is 3. The average Bonchev–Trinajstić information content (AvgIpc) is 3.59. The van der Waals surface area contributed by atoms with E-state index in [4.69, 9.17) is 9.47 Å². The molecule has 0 aliphatic heterocycles. The van der Waals surface area contributed by atoms with Gasteiger partial charge in [-0.3, -0.25) is 0 Å². The molecule has 0 amide bonds. The molecule has 0 saturated heterocycles. The van der Waals surface area contributed by atoms with Crippen LogP contribution in [0.2, 0.25) is 0 Å². The minimum Gasteiger partial charge on any atom is -0.493 e. The molecule has 0 spiro atoms. The van der Waals surface area contributed by atoms with Crippen LogP contribution in [-0.2, 0) is 23.4 Å². The normalized spacial score (nSPS) is 11.7. The maximum atomic E-state index is 13.1. The van der Waals surface area contributed by atoms with E-state index >= 15 is 0 Å². The molecule has 0 radical (unpaired) electrons. The molecule has 0 bridgehead atoms. The zero-order valence-electron chi connectivity index (χ0n) is 26.8. The summed E-state index contributed by atoms with van der Waals surface area (Å²) in [6, 6.07) is 35.3. The summed E-state index contributed by atoms with van der Waals surface area (Å²) in [4.78, 5) is 0. The molecule has 6 nitrogen and oxygen atoms in total. The first-order valence-electron chi connectivity index (χ1n) is 15.3. The van der Waals surface area contributed by atoms with Crippen LogP contribution < -0.4 is 9.47 Å². The molecular formula is C39H40N2O4. The van der Waals surface area contributed by atoms with Crippen molar-refractivity contribution in [1.29, 1.82) is 0 Å². The molecule has 0 fully saturated rings. The number of rotatable bonds is 7. The van der Waals surface area contributed by atoms with Gasteiger partial charge in [0.2, 0.25) is 0 Å². The maximum absolute atomic E-state index is 13.1. The van der Waals surface area contributed by atoms with Gasteiger partial charge in [-0.1, -0.05) is 54.6 Å². The molecule has 2 heterocycles. The number of benzene rings is 5. The first-order chi connectivity index (χ1) is 21.9. The van der Waals surface area contributed by atoms with Gasteiger partial charge >= 0.3 is 0 Å². The van der Waals surface area contributed by atoms with Gasteiger partial charge in [-0.2, -0.15) is 0 Å². The van der Waals surface area contributed by atoms with Gasteiger partial charge in [0.1, 0.15) is 5.60 Å². The molecule has 6 heteroatoms. The van der Waals surface area contributed by atoms with Crippen molar-refractivity contribution < 1.29 is 19.3 Å². The quantitative estimate of drug-likeness (QED) is 0.186. The monoisotopic (exact) mass is 600 g/mol. The Morgan fingerprint density at radius 1 is 0.511 bits per heavy atom. The summed E-state index contributed by atoms with van der Waals surface area (Å²) in [5.74, 6) is 1.19. The highest BCUT2D eigenvalue weighted by atomic mass is 16.5. The molecule has 0 atom stereocenters. The highest BCUT2D eigenvalue weighted by molar-refractivity contribution is 6.09. The average molecular weight is 601 g/mol. The fourth-order valence-corrected chi connectivity index (χ4v) is 6.80. The van der Waals surface area contributed by atoms with Gasteiger partial charge in [0.15, 0.2) is 11.5 Å². The third-order valence-corrected chi connectivity index (χ3v) is 8.81. The zero-order valence-corrected chi connectivity index (χ0v) is 26.8. The van der Waals surface area contributed by atoms with Crippen molar-refractivity contribution in [3.63, 3.8) is 0 Å². The fraction of sp³-hybridized carbons (Fsp3) is 0.231. The van der Waals surface area contributed by atoms with Crippen molar-refractivity contribution >= 4 is 43.6 Å². The van der Waals surface area contributed by atoms with Gasteiger partial charge < -0.3 is 28.5 Å². The Kier molecular flexibility index (Phi) is 8.28. The predicted molar refractivity (Wildman–Crippen MR) is 185 cm³/mol. The van der Waals surface area contributed by atoms with Crippen LogP contribution in [0.25, 0.3) is 43.6 Å². The second-order valence-electron chi connectivity index (χ2n) is 11.2. The number of aryl methyl sites for hydroxylation is 2. The van der Waals surface area contributed by atoms with Crippen LogP contribution in [0.1, 0.15) is 30.5 Å². The number of nitrogens with zero attached hydrogens (tertiary/aromatic N) is 2. The smallest absolute Gasteiger partial charge is 0.161 e. The highest BCUT2D eigenvalue weighted by Gasteiger charge is 2.36. The minimum atomic E-state index is -1.47. The molecule has 5 aromatic carbocycles. The first kappa shape index (κ1) is 30.3. The van der Waals surface area contributed by atoms with Crippen molar-refractivity contribution in [2.75, 3.05) is 28.4 Å². The van der Waals surface area contributed by atoms with E-state index in [1.807, 2.05) is 18.2 Å². The first-order valence-corrected chi connectivity index (χ1v) is 15.3. The second kappa shape index (κ2) is 12.3. The number of hydrogen-bond donors (Lipinski definition) is 1. The highest BCUT2D eigenvalue weighted by Crippen LogP contribution is 2.44. The molecule has 0 unspecified atom stereocenters. The van der Waals surface area contributed by atoms with E-state index in [1.54, 1.807) is 28.4 Å². The van der Waals surface area contributed by atoms with Crippen molar-refractivity contribution in [2.24, 2.45) is 0 Å². The summed E-state index contributed by atoms with van der Waals surface area (Å²) in [6.07, 6.45) is 0. The molecule has 45 heavy (non-hydrogen) atoms. The van der Waals surface area contributed by atoms with Gasteiger partial charge in [-0.05, 0) is 79.1 Å². The Hall–Kier alpha value is -4.78. The molecule has 1 N–H and O–H groups in total. The van der Waals surface area contributed by atoms with Crippen molar-refractivity contribution in [2.45, 2.75) is 32.5 Å². The Bertz CT molecular complexity index is 2020. The molecule has 0 saturated carbocycles. The van der Waals surface area contributed by atoms with E-state index in [-0.39, 0.29) is 0 Å². The maximum Gasteiger partial charge on any atom is 0.161 e. The largest absolute Gasteiger partial charge is 0.493 e. The standard InChI is InChI=1S/C37H34N2O3.C2H6O/c1-5-38-31-13-9-7-11-27(31)29-21-24(15-18-33(29)38)37(40,26-17-20-35(41-3)36(23-26)42-4)25-16-19-34-30(22-25)28-12-8-10-14-32(28)39(34)6-2;1-3-2/h7-23,40H,5-6H2,1-4H3;1-2H3. The van der Waals surface area contributed by atoms with Crippen LogP contribution in [0.5, 0.6) is 11.5 Å².